The molecule has 10 heteroatoms. The van der Waals surface area contributed by atoms with Crippen LogP contribution in [0.25, 0.3) is 16.9 Å². The van der Waals surface area contributed by atoms with Gasteiger partial charge >= 0.3 is 6.18 Å². The second-order valence-corrected chi connectivity index (χ2v) is 6.41. The molecule has 28 heavy (non-hydrogen) atoms. The predicted octanol–water partition coefficient (Wildman–Crippen LogP) is 3.25. The number of nitrogens with one attached hydrogen (secondary N) is 1. The molecule has 3 rings (SSSR count). The third-order valence-corrected chi connectivity index (χ3v) is 4.28. The average Bonchev–Trinajstić information content (AvgIpc) is 2.65. The van der Waals surface area contributed by atoms with Gasteiger partial charge in [0, 0.05) is 23.9 Å². The van der Waals surface area contributed by atoms with Crippen molar-refractivity contribution in [2.75, 3.05) is 12.9 Å². The molecule has 0 saturated carbocycles. The summed E-state index contributed by atoms with van der Waals surface area (Å²) in [5.74, 6) is 0.0351. The van der Waals surface area contributed by atoms with E-state index in [1.54, 1.807) is 12.3 Å². The van der Waals surface area contributed by atoms with E-state index in [1.807, 2.05) is 0 Å². The summed E-state index contributed by atoms with van der Waals surface area (Å²) in [6.07, 6.45) is -1.23. The number of pyridine rings is 1. The lowest BCUT2D eigenvalue weighted by Gasteiger charge is -2.13. The molecule has 0 aliphatic heterocycles. The number of aromatic nitrogens is 3. The van der Waals surface area contributed by atoms with Crippen molar-refractivity contribution in [3.8, 4) is 22.7 Å². The second-order valence-electron chi connectivity index (χ2n) is 5.64. The first-order valence-corrected chi connectivity index (χ1v) is 9.16. The topological polar surface area (TPSA) is 77.0 Å². The molecular weight excluding hydrogens is 395 g/mol. The molecular formula is C18H14F3N3O3S. The number of alkyl halides is 3. The second kappa shape index (κ2) is 7.93. The van der Waals surface area contributed by atoms with E-state index in [0.29, 0.717) is 22.1 Å². The number of benzene rings is 1. The van der Waals surface area contributed by atoms with Crippen LogP contribution < -0.4 is 15.9 Å². The summed E-state index contributed by atoms with van der Waals surface area (Å²) in [5, 5.41) is 0.367. The van der Waals surface area contributed by atoms with Crippen molar-refractivity contribution in [1.82, 2.24) is 14.5 Å². The minimum Gasteiger partial charge on any atom is -0.484 e. The lowest BCUT2D eigenvalue weighted by atomic mass is 10.2. The number of halogens is 3. The smallest absolute Gasteiger partial charge is 0.422 e. The average molecular weight is 409 g/mol. The molecule has 2 aromatic heterocycles. The number of hydrogen-bond donors (Lipinski definition) is 1. The maximum Gasteiger partial charge on any atom is 0.422 e. The van der Waals surface area contributed by atoms with Gasteiger partial charge in [-0.3, -0.25) is 14.2 Å². The van der Waals surface area contributed by atoms with E-state index in [1.165, 1.54) is 58.9 Å². The monoisotopic (exact) mass is 409 g/mol. The Morgan fingerprint density at radius 3 is 2.46 bits per heavy atom. The van der Waals surface area contributed by atoms with Crippen molar-refractivity contribution in [2.24, 2.45) is 0 Å². The zero-order valence-electron chi connectivity index (χ0n) is 14.5. The van der Waals surface area contributed by atoms with Gasteiger partial charge in [0.2, 0.25) is 5.56 Å². The Morgan fingerprint density at radius 2 is 1.86 bits per heavy atom. The van der Waals surface area contributed by atoms with Crippen LogP contribution in [0.3, 0.4) is 0 Å². The lowest BCUT2D eigenvalue weighted by Crippen LogP contribution is -2.21. The fourth-order valence-electron chi connectivity index (χ4n) is 2.44. The number of aromatic amines is 1. The number of ether oxygens (including phenoxy) is 1. The molecule has 0 saturated heterocycles. The fourth-order valence-corrected chi connectivity index (χ4v) is 3.01. The summed E-state index contributed by atoms with van der Waals surface area (Å²) < 4.78 is 42.7. The minimum atomic E-state index is -4.43. The third-order valence-electron chi connectivity index (χ3n) is 3.64. The molecule has 146 valence electrons. The molecule has 0 spiro atoms. The van der Waals surface area contributed by atoms with E-state index < -0.39 is 18.3 Å². The van der Waals surface area contributed by atoms with E-state index in [0.717, 1.165) is 0 Å². The van der Waals surface area contributed by atoms with Crippen LogP contribution in [0, 0.1) is 0 Å². The van der Waals surface area contributed by atoms with Gasteiger partial charge in [-0.25, -0.2) is 4.98 Å². The van der Waals surface area contributed by atoms with Crippen LogP contribution >= 0.6 is 11.8 Å². The van der Waals surface area contributed by atoms with Gasteiger partial charge in [0.25, 0.3) is 5.56 Å². The maximum absolute atomic E-state index is 12.7. The highest BCUT2D eigenvalue weighted by Gasteiger charge is 2.28. The van der Waals surface area contributed by atoms with Gasteiger partial charge in [-0.15, -0.1) is 0 Å². The molecule has 0 atom stereocenters. The van der Waals surface area contributed by atoms with Gasteiger partial charge in [-0.1, -0.05) is 11.8 Å². The van der Waals surface area contributed by atoms with E-state index >= 15 is 0 Å². The molecule has 1 N–H and O–H groups in total. The highest BCUT2D eigenvalue weighted by Crippen LogP contribution is 2.23. The van der Waals surface area contributed by atoms with E-state index in [2.05, 4.69) is 14.7 Å². The van der Waals surface area contributed by atoms with Gasteiger partial charge in [0.1, 0.15) is 5.75 Å². The quantitative estimate of drug-likeness (QED) is 0.517. The van der Waals surface area contributed by atoms with Crippen LogP contribution in [0.5, 0.6) is 5.75 Å². The molecule has 0 radical (unpaired) electrons. The first-order chi connectivity index (χ1) is 13.3. The minimum absolute atomic E-state index is 0.0351. The number of H-pyrrole nitrogens is 1. The molecule has 3 aromatic rings. The Balaban J connectivity index is 1.96. The summed E-state index contributed by atoms with van der Waals surface area (Å²) >= 11 is 1.22. The zero-order valence-corrected chi connectivity index (χ0v) is 15.3. The van der Waals surface area contributed by atoms with Crippen LogP contribution in [-0.2, 0) is 0 Å². The first-order valence-electron chi connectivity index (χ1n) is 7.94. The summed E-state index contributed by atoms with van der Waals surface area (Å²) in [7, 11) is 0. The van der Waals surface area contributed by atoms with Crippen molar-refractivity contribution >= 4 is 11.8 Å². The van der Waals surface area contributed by atoms with Gasteiger partial charge in [0.15, 0.2) is 11.8 Å². The maximum atomic E-state index is 12.7. The highest BCUT2D eigenvalue weighted by molar-refractivity contribution is 7.98. The van der Waals surface area contributed by atoms with Crippen LogP contribution in [0.4, 0.5) is 13.2 Å². The Hall–Kier alpha value is -3.01. The summed E-state index contributed by atoms with van der Waals surface area (Å²) in [6, 6.07) is 9.91. The van der Waals surface area contributed by atoms with Crippen LogP contribution in [-0.4, -0.2) is 33.6 Å². The highest BCUT2D eigenvalue weighted by atomic mass is 32.2. The number of nitrogens with zero attached hydrogens (tertiary/aromatic N) is 2. The van der Waals surface area contributed by atoms with Crippen LogP contribution in [0.15, 0.2) is 63.4 Å². The molecule has 6 nitrogen and oxygen atoms in total. The van der Waals surface area contributed by atoms with Crippen LogP contribution in [0.1, 0.15) is 0 Å². The van der Waals surface area contributed by atoms with E-state index in [4.69, 9.17) is 0 Å². The molecule has 0 aliphatic carbocycles. The van der Waals surface area contributed by atoms with Crippen LogP contribution in [0.2, 0.25) is 0 Å². The third kappa shape index (κ3) is 4.63. The van der Waals surface area contributed by atoms with E-state index in [-0.39, 0.29) is 11.3 Å². The molecule has 0 aliphatic rings. The first kappa shape index (κ1) is 19.7. The normalized spacial score (nSPS) is 11.4. The molecule has 0 fully saturated rings. The Labute approximate surface area is 161 Å². The summed E-state index contributed by atoms with van der Waals surface area (Å²) in [6.45, 7) is -1.39. The zero-order chi connectivity index (χ0) is 20.3. The molecule has 0 amide bonds. The largest absolute Gasteiger partial charge is 0.484 e. The van der Waals surface area contributed by atoms with Crippen molar-refractivity contribution in [3.63, 3.8) is 0 Å². The summed E-state index contributed by atoms with van der Waals surface area (Å²) in [4.78, 5) is 31.1. The SMILES string of the molecule is CSc1nc(-c2cc[nH]c(=O)c2)cc(=O)n1-c1ccc(OCC(F)(F)F)cc1. The molecule has 1 aromatic carbocycles. The number of rotatable bonds is 5. The predicted molar refractivity (Wildman–Crippen MR) is 99.2 cm³/mol. The molecule has 0 bridgehead atoms. The Bertz CT molecular complexity index is 1090. The van der Waals surface area contributed by atoms with Gasteiger partial charge < -0.3 is 9.72 Å². The number of thioether (sulfide) groups is 1. The van der Waals surface area contributed by atoms with Crippen molar-refractivity contribution in [3.05, 3.63) is 69.4 Å². The summed E-state index contributed by atoms with van der Waals surface area (Å²) in [5.41, 5.74) is 0.571. The Morgan fingerprint density at radius 1 is 1.14 bits per heavy atom. The lowest BCUT2D eigenvalue weighted by molar-refractivity contribution is -0.153. The van der Waals surface area contributed by atoms with E-state index in [9.17, 15) is 22.8 Å². The molecule has 0 unspecified atom stereocenters. The van der Waals surface area contributed by atoms with Gasteiger partial charge in [0.05, 0.1) is 11.4 Å². The molecule has 2 heterocycles. The van der Waals surface area contributed by atoms with Crippen molar-refractivity contribution in [1.29, 1.82) is 0 Å². The van der Waals surface area contributed by atoms with Crippen molar-refractivity contribution < 1.29 is 17.9 Å². The standard InChI is InChI=1S/C18H14F3N3O3S/c1-28-17-23-14(11-6-7-22-15(25)8-11)9-16(26)24(17)12-2-4-13(5-3-12)27-10-18(19,20)21/h2-9H,10H2,1H3,(H,22,25). The fraction of sp³-hybridized carbons (Fsp3) is 0.167. The number of hydrogen-bond acceptors (Lipinski definition) is 5. The van der Waals surface area contributed by atoms with Gasteiger partial charge in [-0.05, 0) is 36.6 Å². The Kier molecular flexibility index (Phi) is 5.59. The van der Waals surface area contributed by atoms with Gasteiger partial charge in [-0.2, -0.15) is 13.2 Å². The van der Waals surface area contributed by atoms with Crippen molar-refractivity contribution in [2.45, 2.75) is 11.3 Å².